The maximum Gasteiger partial charge on any atom is 0.266 e. The van der Waals surface area contributed by atoms with Crippen LogP contribution in [0.3, 0.4) is 0 Å². The number of ether oxygens (including phenoxy) is 2. The summed E-state index contributed by atoms with van der Waals surface area (Å²) in [6.45, 7) is 0.150. The highest BCUT2D eigenvalue weighted by Crippen LogP contribution is 2.37. The number of anilines is 1. The van der Waals surface area contributed by atoms with Crippen LogP contribution < -0.4 is 14.8 Å². The fourth-order valence-corrected chi connectivity index (χ4v) is 2.64. The molecule has 0 aromatic heterocycles. The second-order valence-corrected chi connectivity index (χ2v) is 6.15. The number of nitrogens with one attached hydrogen (secondary N) is 1. The molecule has 2 aromatic rings. The molecule has 1 N–H and O–H groups in total. The van der Waals surface area contributed by atoms with Crippen LogP contribution in [-0.2, 0) is 4.79 Å². The van der Waals surface area contributed by atoms with Crippen molar-refractivity contribution in [3.05, 3.63) is 57.0 Å². The van der Waals surface area contributed by atoms with Crippen LogP contribution in [0.4, 0.5) is 5.69 Å². The summed E-state index contributed by atoms with van der Waals surface area (Å²) in [7, 11) is 0. The Hall–Kier alpha value is -2.49. The molecule has 120 valence electrons. The van der Waals surface area contributed by atoms with E-state index in [0.29, 0.717) is 32.2 Å². The average molecular weight is 406 g/mol. The molecule has 0 fully saturated rings. The van der Waals surface area contributed by atoms with Crippen LogP contribution in [0.15, 0.2) is 46.4 Å². The SMILES string of the molecule is N#C/C(=C\c1cc2c(cc1Br)OCO2)C(=O)Nc1ccc(Cl)cc1. The molecule has 0 aliphatic carbocycles. The van der Waals surface area contributed by atoms with E-state index in [9.17, 15) is 10.1 Å². The largest absolute Gasteiger partial charge is 0.454 e. The Bertz CT molecular complexity index is 873. The lowest BCUT2D eigenvalue weighted by molar-refractivity contribution is -0.112. The van der Waals surface area contributed by atoms with E-state index >= 15 is 0 Å². The number of hydrogen-bond donors (Lipinski definition) is 1. The van der Waals surface area contributed by atoms with Crippen molar-refractivity contribution in [2.45, 2.75) is 0 Å². The van der Waals surface area contributed by atoms with Crippen LogP contribution in [0, 0.1) is 11.3 Å². The van der Waals surface area contributed by atoms with Crippen molar-refractivity contribution in [1.29, 1.82) is 5.26 Å². The number of carbonyl (C=O) groups excluding carboxylic acids is 1. The summed E-state index contributed by atoms with van der Waals surface area (Å²) in [5, 5.41) is 12.5. The fraction of sp³-hybridized carbons (Fsp3) is 0.0588. The maximum absolute atomic E-state index is 12.3. The van der Waals surface area contributed by atoms with Crippen LogP contribution >= 0.6 is 27.5 Å². The molecule has 24 heavy (non-hydrogen) atoms. The second kappa shape index (κ2) is 6.95. The molecule has 1 heterocycles. The molecule has 2 aromatic carbocycles. The summed E-state index contributed by atoms with van der Waals surface area (Å²) >= 11 is 9.20. The quantitative estimate of drug-likeness (QED) is 0.608. The van der Waals surface area contributed by atoms with Gasteiger partial charge in [0, 0.05) is 15.2 Å². The highest BCUT2D eigenvalue weighted by Gasteiger charge is 2.17. The first-order valence-corrected chi connectivity index (χ1v) is 8.02. The summed E-state index contributed by atoms with van der Waals surface area (Å²) in [6, 6.07) is 12.0. The molecule has 0 saturated carbocycles. The van der Waals surface area contributed by atoms with E-state index in [1.54, 1.807) is 36.4 Å². The molecule has 0 radical (unpaired) electrons. The number of fused-ring (bicyclic) bond motifs is 1. The third-order valence-corrected chi connectivity index (χ3v) is 4.20. The van der Waals surface area contributed by atoms with Gasteiger partial charge in [-0.1, -0.05) is 27.5 Å². The molecule has 3 rings (SSSR count). The first-order valence-electron chi connectivity index (χ1n) is 6.84. The van der Waals surface area contributed by atoms with E-state index in [4.69, 9.17) is 21.1 Å². The predicted octanol–water partition coefficient (Wildman–Crippen LogP) is 4.38. The van der Waals surface area contributed by atoms with E-state index in [1.807, 2.05) is 6.07 Å². The van der Waals surface area contributed by atoms with Crippen molar-refractivity contribution in [1.82, 2.24) is 0 Å². The number of rotatable bonds is 3. The molecular weight excluding hydrogens is 396 g/mol. The maximum atomic E-state index is 12.3. The van der Waals surface area contributed by atoms with E-state index in [-0.39, 0.29) is 12.4 Å². The van der Waals surface area contributed by atoms with Crippen molar-refractivity contribution in [3.63, 3.8) is 0 Å². The van der Waals surface area contributed by atoms with Crippen molar-refractivity contribution in [2.24, 2.45) is 0 Å². The van der Waals surface area contributed by atoms with E-state index in [2.05, 4.69) is 21.2 Å². The molecule has 1 amide bonds. The molecule has 0 spiro atoms. The van der Waals surface area contributed by atoms with Crippen molar-refractivity contribution >= 4 is 45.2 Å². The van der Waals surface area contributed by atoms with Crippen LogP contribution in [0.1, 0.15) is 5.56 Å². The van der Waals surface area contributed by atoms with Crippen LogP contribution in [-0.4, -0.2) is 12.7 Å². The Labute approximate surface area is 151 Å². The van der Waals surface area contributed by atoms with Gasteiger partial charge in [-0.05, 0) is 48.0 Å². The van der Waals surface area contributed by atoms with Gasteiger partial charge < -0.3 is 14.8 Å². The Morgan fingerprint density at radius 3 is 2.58 bits per heavy atom. The molecule has 0 unspecified atom stereocenters. The van der Waals surface area contributed by atoms with E-state index in [1.165, 1.54) is 6.08 Å². The monoisotopic (exact) mass is 404 g/mol. The average Bonchev–Trinajstić information content (AvgIpc) is 3.01. The minimum atomic E-state index is -0.510. The van der Waals surface area contributed by atoms with Gasteiger partial charge in [-0.3, -0.25) is 4.79 Å². The summed E-state index contributed by atoms with van der Waals surface area (Å²) in [5.74, 6) is 0.674. The van der Waals surface area contributed by atoms with Crippen LogP contribution in [0.5, 0.6) is 11.5 Å². The summed E-state index contributed by atoms with van der Waals surface area (Å²) in [5.41, 5.74) is 1.15. The number of benzene rings is 2. The van der Waals surface area contributed by atoms with Gasteiger partial charge >= 0.3 is 0 Å². The zero-order valence-electron chi connectivity index (χ0n) is 12.2. The highest BCUT2D eigenvalue weighted by atomic mass is 79.9. The number of nitrogens with zero attached hydrogens (tertiary/aromatic N) is 1. The highest BCUT2D eigenvalue weighted by molar-refractivity contribution is 9.10. The van der Waals surface area contributed by atoms with E-state index in [0.717, 1.165) is 0 Å². The Kier molecular flexibility index (Phi) is 4.74. The second-order valence-electron chi connectivity index (χ2n) is 4.86. The van der Waals surface area contributed by atoms with Gasteiger partial charge in [-0.25, -0.2) is 0 Å². The van der Waals surface area contributed by atoms with Crippen LogP contribution in [0.2, 0.25) is 5.02 Å². The third kappa shape index (κ3) is 3.53. The smallest absolute Gasteiger partial charge is 0.266 e. The zero-order valence-corrected chi connectivity index (χ0v) is 14.5. The van der Waals surface area contributed by atoms with E-state index < -0.39 is 5.91 Å². The number of halogens is 2. The van der Waals surface area contributed by atoms with Crippen molar-refractivity contribution in [2.75, 3.05) is 12.1 Å². The Morgan fingerprint density at radius 2 is 1.92 bits per heavy atom. The van der Waals surface area contributed by atoms with Gasteiger partial charge in [0.25, 0.3) is 5.91 Å². The lowest BCUT2D eigenvalue weighted by Gasteiger charge is -2.06. The molecule has 0 saturated heterocycles. The summed E-state index contributed by atoms with van der Waals surface area (Å²) < 4.78 is 11.3. The third-order valence-electron chi connectivity index (χ3n) is 3.26. The summed E-state index contributed by atoms with van der Waals surface area (Å²) in [4.78, 5) is 12.3. The number of nitriles is 1. The normalized spacial score (nSPS) is 12.6. The predicted molar refractivity (Wildman–Crippen MR) is 93.9 cm³/mol. The van der Waals surface area contributed by atoms with Gasteiger partial charge in [-0.2, -0.15) is 5.26 Å². The minimum absolute atomic E-state index is 0.0375. The molecule has 7 heteroatoms. The molecule has 1 aliphatic rings. The molecular formula is C17H10BrClN2O3. The van der Waals surface area contributed by atoms with Gasteiger partial charge in [0.1, 0.15) is 11.6 Å². The van der Waals surface area contributed by atoms with Crippen molar-refractivity contribution < 1.29 is 14.3 Å². The first-order chi connectivity index (χ1) is 11.6. The van der Waals surface area contributed by atoms with Gasteiger partial charge in [0.05, 0.1) is 0 Å². The Balaban J connectivity index is 1.85. The minimum Gasteiger partial charge on any atom is -0.454 e. The Morgan fingerprint density at radius 1 is 1.25 bits per heavy atom. The number of carbonyl (C=O) groups is 1. The van der Waals surface area contributed by atoms with Gasteiger partial charge in [0.2, 0.25) is 6.79 Å². The zero-order chi connectivity index (χ0) is 17.1. The molecule has 0 bridgehead atoms. The number of amides is 1. The number of hydrogen-bond acceptors (Lipinski definition) is 4. The standard InChI is InChI=1S/C17H10BrClN2O3/c18-14-7-16-15(23-9-24-16)6-10(14)5-11(8-20)17(22)21-13-3-1-12(19)2-4-13/h1-7H,9H2,(H,21,22)/b11-5+. The van der Waals surface area contributed by atoms with Gasteiger partial charge in [-0.15, -0.1) is 0 Å². The molecule has 0 atom stereocenters. The summed E-state index contributed by atoms with van der Waals surface area (Å²) in [6.07, 6.45) is 1.48. The lowest BCUT2D eigenvalue weighted by Crippen LogP contribution is -2.13. The first kappa shape index (κ1) is 16.4. The lowest BCUT2D eigenvalue weighted by atomic mass is 10.1. The molecule has 1 aliphatic heterocycles. The van der Waals surface area contributed by atoms with Crippen LogP contribution in [0.25, 0.3) is 6.08 Å². The topological polar surface area (TPSA) is 71.3 Å². The van der Waals surface area contributed by atoms with Gasteiger partial charge in [0.15, 0.2) is 11.5 Å². The fourth-order valence-electron chi connectivity index (χ4n) is 2.08. The van der Waals surface area contributed by atoms with Crippen molar-refractivity contribution in [3.8, 4) is 17.6 Å². The molecule has 5 nitrogen and oxygen atoms in total.